The number of nitrogens with zero attached hydrogens (tertiary/aromatic N) is 3. The Morgan fingerprint density at radius 3 is 2.45 bits per heavy atom. The average Bonchev–Trinajstić information content (AvgIpc) is 3.13. The second kappa shape index (κ2) is 6.24. The van der Waals surface area contributed by atoms with Crippen LogP contribution < -0.4 is 4.57 Å². The lowest BCUT2D eigenvalue weighted by molar-refractivity contribution is -0.727. The lowest BCUT2D eigenvalue weighted by Gasteiger charge is -2.27. The predicted molar refractivity (Wildman–Crippen MR) is 120 cm³/mol. The number of benzene rings is 2. The van der Waals surface area contributed by atoms with Crippen LogP contribution in [0, 0.1) is 0 Å². The summed E-state index contributed by atoms with van der Waals surface area (Å²) in [6.07, 6.45) is 4.39. The van der Waals surface area contributed by atoms with Crippen molar-refractivity contribution in [2.75, 3.05) is 0 Å². The van der Waals surface area contributed by atoms with E-state index in [4.69, 9.17) is 4.42 Å². The third-order valence-corrected chi connectivity index (χ3v) is 7.29. The second-order valence-corrected chi connectivity index (χ2v) is 8.70. The highest BCUT2D eigenvalue weighted by Crippen LogP contribution is 2.69. The predicted octanol–water partition coefficient (Wildman–Crippen LogP) is 5.69. The van der Waals surface area contributed by atoms with Crippen LogP contribution in [0.15, 0.2) is 89.5 Å². The normalized spacial score (nSPS) is 23.1. The highest BCUT2D eigenvalue weighted by Gasteiger charge is 2.79. The first-order valence-electron chi connectivity index (χ1n) is 10.9. The minimum absolute atomic E-state index is 0.0152. The molecule has 2 aliphatic rings. The minimum Gasteiger partial charge on any atom is -0.416 e. The molecule has 4 aromatic rings. The average molecular weight is 407 g/mol. The lowest BCUT2D eigenvalue weighted by atomic mass is 9.79. The summed E-state index contributed by atoms with van der Waals surface area (Å²) in [6.45, 7) is 9.11. The van der Waals surface area contributed by atoms with Gasteiger partial charge in [0.15, 0.2) is 6.20 Å². The molecule has 4 heteroatoms. The molecular formula is C27H24N3O+. The van der Waals surface area contributed by atoms with E-state index in [9.17, 15) is 0 Å². The molecule has 2 atom stereocenters. The van der Waals surface area contributed by atoms with Gasteiger partial charge in [-0.05, 0) is 42.3 Å². The monoisotopic (exact) mass is 406 g/mol. The number of hydrogen-bond donors (Lipinski definition) is 0. The Bertz CT molecular complexity index is 1340. The van der Waals surface area contributed by atoms with Gasteiger partial charge in [-0.25, -0.2) is 0 Å². The van der Waals surface area contributed by atoms with Crippen LogP contribution in [0.2, 0.25) is 0 Å². The molecular weight excluding hydrogens is 382 g/mol. The Labute approximate surface area is 181 Å². The summed E-state index contributed by atoms with van der Waals surface area (Å²) < 4.78 is 8.44. The molecule has 2 aromatic heterocycles. The summed E-state index contributed by atoms with van der Waals surface area (Å²) in [7, 11) is 0. The smallest absolute Gasteiger partial charge is 0.248 e. The largest absolute Gasteiger partial charge is 0.416 e. The molecule has 0 radical (unpaired) electrons. The van der Waals surface area contributed by atoms with E-state index in [0.29, 0.717) is 11.8 Å². The summed E-state index contributed by atoms with van der Waals surface area (Å²) in [5, 5.41) is 8.61. The van der Waals surface area contributed by atoms with E-state index >= 15 is 0 Å². The van der Waals surface area contributed by atoms with E-state index in [2.05, 4.69) is 77.8 Å². The fraction of sp³-hybridized carbons (Fsp3) is 0.222. The molecule has 3 heterocycles. The molecule has 0 N–H and O–H groups in total. The SMILES string of the molecule is C=C1C2(CCC)c3ccc(-c4nnc(-c5ccccc5)o4)cc3-c3cccc[n+]3C12C. The van der Waals surface area contributed by atoms with Crippen LogP contribution in [-0.4, -0.2) is 10.2 Å². The molecule has 0 amide bonds. The Kier molecular flexibility index (Phi) is 3.67. The molecule has 1 saturated carbocycles. The van der Waals surface area contributed by atoms with Crippen LogP contribution in [-0.2, 0) is 11.0 Å². The van der Waals surface area contributed by atoms with Crippen LogP contribution in [0.4, 0.5) is 0 Å². The van der Waals surface area contributed by atoms with E-state index in [-0.39, 0.29) is 11.0 Å². The van der Waals surface area contributed by atoms with Crippen molar-refractivity contribution in [2.45, 2.75) is 37.6 Å². The lowest BCUT2D eigenvalue weighted by Crippen LogP contribution is -2.53. The van der Waals surface area contributed by atoms with E-state index in [0.717, 1.165) is 24.0 Å². The second-order valence-electron chi connectivity index (χ2n) is 8.70. The highest BCUT2D eigenvalue weighted by molar-refractivity contribution is 5.77. The van der Waals surface area contributed by atoms with Crippen LogP contribution in [0.1, 0.15) is 32.3 Å². The number of pyridine rings is 1. The molecule has 2 unspecified atom stereocenters. The fourth-order valence-corrected chi connectivity index (χ4v) is 5.69. The summed E-state index contributed by atoms with van der Waals surface area (Å²) in [6, 6.07) is 22.8. The standard InChI is InChI=1S/C27H24N3O/c1-4-15-27-18(2)26(27,3)30-16-9-8-12-23(30)21-17-20(13-14-22(21)27)25-29-28-24(31-25)19-10-6-5-7-11-19/h5-14,16-17H,2,4,15H2,1,3H3/q+1. The fourth-order valence-electron chi connectivity index (χ4n) is 5.69. The Hall–Kier alpha value is -3.53. The summed E-state index contributed by atoms with van der Waals surface area (Å²) in [5.74, 6) is 1.07. The Morgan fingerprint density at radius 2 is 1.68 bits per heavy atom. The van der Waals surface area contributed by atoms with Gasteiger partial charge >= 0.3 is 0 Å². The highest BCUT2D eigenvalue weighted by atomic mass is 16.4. The maximum Gasteiger partial charge on any atom is 0.248 e. The maximum atomic E-state index is 6.04. The molecule has 1 aliphatic heterocycles. The van der Waals surface area contributed by atoms with Gasteiger partial charge in [0.25, 0.3) is 0 Å². The third kappa shape index (κ3) is 2.22. The van der Waals surface area contributed by atoms with Gasteiger partial charge in [0.05, 0.1) is 11.0 Å². The number of allylic oxidation sites excluding steroid dienone is 1. The number of fused-ring (bicyclic) bond motifs is 6. The van der Waals surface area contributed by atoms with Crippen molar-refractivity contribution in [1.82, 2.24) is 10.2 Å². The van der Waals surface area contributed by atoms with Gasteiger partial charge in [-0.1, -0.05) is 44.2 Å². The van der Waals surface area contributed by atoms with E-state index in [1.54, 1.807) is 0 Å². The Balaban J connectivity index is 1.52. The molecule has 0 saturated heterocycles. The number of aromatic nitrogens is 3. The first-order chi connectivity index (χ1) is 15.1. The summed E-state index contributed by atoms with van der Waals surface area (Å²) in [5.41, 5.74) is 6.86. The van der Waals surface area contributed by atoms with Crippen molar-refractivity contribution in [3.8, 4) is 34.2 Å². The van der Waals surface area contributed by atoms with Gasteiger partial charge in [0.2, 0.25) is 23.0 Å². The van der Waals surface area contributed by atoms with Crippen molar-refractivity contribution < 1.29 is 8.98 Å². The molecule has 0 bridgehead atoms. The minimum atomic E-state index is -0.0704. The molecule has 152 valence electrons. The van der Waals surface area contributed by atoms with E-state index in [1.165, 1.54) is 22.4 Å². The molecule has 0 spiro atoms. The third-order valence-electron chi connectivity index (χ3n) is 7.29. The van der Waals surface area contributed by atoms with Crippen molar-refractivity contribution in [2.24, 2.45) is 0 Å². The molecule has 31 heavy (non-hydrogen) atoms. The van der Waals surface area contributed by atoms with E-state index < -0.39 is 0 Å². The van der Waals surface area contributed by atoms with Crippen LogP contribution in [0.3, 0.4) is 0 Å². The summed E-state index contributed by atoms with van der Waals surface area (Å²) in [4.78, 5) is 0. The molecule has 1 aliphatic carbocycles. The van der Waals surface area contributed by atoms with E-state index in [1.807, 2.05) is 30.3 Å². The van der Waals surface area contributed by atoms with Crippen LogP contribution in [0.25, 0.3) is 34.2 Å². The van der Waals surface area contributed by atoms with Gasteiger partial charge in [-0.3, -0.25) is 0 Å². The zero-order valence-electron chi connectivity index (χ0n) is 17.8. The van der Waals surface area contributed by atoms with Crippen LogP contribution >= 0.6 is 0 Å². The van der Waals surface area contributed by atoms with Gasteiger partial charge in [-0.2, -0.15) is 4.57 Å². The topological polar surface area (TPSA) is 42.8 Å². The Morgan fingerprint density at radius 1 is 0.935 bits per heavy atom. The quantitative estimate of drug-likeness (QED) is 0.323. The number of hydrogen-bond acceptors (Lipinski definition) is 3. The zero-order chi connectivity index (χ0) is 21.2. The number of rotatable bonds is 4. The molecule has 1 fully saturated rings. The molecule has 4 nitrogen and oxygen atoms in total. The van der Waals surface area contributed by atoms with Crippen molar-refractivity contribution in [1.29, 1.82) is 0 Å². The van der Waals surface area contributed by atoms with Crippen molar-refractivity contribution in [3.63, 3.8) is 0 Å². The zero-order valence-corrected chi connectivity index (χ0v) is 17.8. The first kappa shape index (κ1) is 18.3. The van der Waals surface area contributed by atoms with Gasteiger partial charge in [0.1, 0.15) is 0 Å². The van der Waals surface area contributed by atoms with Crippen molar-refractivity contribution in [3.05, 3.63) is 90.6 Å². The van der Waals surface area contributed by atoms with Crippen LogP contribution in [0.5, 0.6) is 0 Å². The maximum absolute atomic E-state index is 6.04. The van der Waals surface area contributed by atoms with Gasteiger partial charge in [0, 0.05) is 35.8 Å². The van der Waals surface area contributed by atoms with Crippen molar-refractivity contribution >= 4 is 0 Å². The van der Waals surface area contributed by atoms with Gasteiger partial charge < -0.3 is 4.42 Å². The molecule has 6 rings (SSSR count). The summed E-state index contributed by atoms with van der Waals surface area (Å²) >= 11 is 0. The molecule has 2 aromatic carbocycles. The van der Waals surface area contributed by atoms with Gasteiger partial charge in [-0.15, -0.1) is 10.2 Å². The first-order valence-corrected chi connectivity index (χ1v) is 10.9.